The maximum Gasteiger partial charge on any atom is 0.407 e. The number of ether oxygens (including phenoxy) is 3. The second kappa shape index (κ2) is 10.9. The van der Waals surface area contributed by atoms with E-state index in [2.05, 4.69) is 5.32 Å². The SMILES string of the molecule is COC(=O)Cc1cc2ccc(OCCNC(=O)OC(C)(C)C)cc2n(Cc2ccccc2)c1=O. The summed E-state index contributed by atoms with van der Waals surface area (Å²) in [7, 11) is 1.30. The number of aromatic nitrogens is 1. The summed E-state index contributed by atoms with van der Waals surface area (Å²) in [6.07, 6.45) is -0.612. The van der Waals surface area contributed by atoms with Crippen molar-refractivity contribution in [2.45, 2.75) is 39.3 Å². The van der Waals surface area contributed by atoms with Gasteiger partial charge in [0, 0.05) is 11.6 Å². The number of carbonyl (C=O) groups is 2. The van der Waals surface area contributed by atoms with Gasteiger partial charge < -0.3 is 24.1 Å². The molecular formula is C26H30N2O6. The fourth-order valence-electron chi connectivity index (χ4n) is 3.41. The Kier molecular flexibility index (Phi) is 7.94. The summed E-state index contributed by atoms with van der Waals surface area (Å²) in [6, 6.07) is 16.7. The summed E-state index contributed by atoms with van der Waals surface area (Å²) in [5.74, 6) is 0.0839. The smallest absolute Gasteiger partial charge is 0.407 e. The minimum Gasteiger partial charge on any atom is -0.492 e. The van der Waals surface area contributed by atoms with Crippen LogP contribution in [0.2, 0.25) is 0 Å². The van der Waals surface area contributed by atoms with E-state index >= 15 is 0 Å². The number of nitrogens with one attached hydrogen (secondary N) is 1. The molecule has 180 valence electrons. The first-order valence-electron chi connectivity index (χ1n) is 11.0. The Bertz CT molecular complexity index is 1210. The molecular weight excluding hydrogens is 436 g/mol. The van der Waals surface area contributed by atoms with Crippen molar-refractivity contribution in [3.63, 3.8) is 0 Å². The molecule has 0 fully saturated rings. The van der Waals surface area contributed by atoms with Gasteiger partial charge in [0.05, 0.1) is 32.1 Å². The number of pyridine rings is 1. The monoisotopic (exact) mass is 466 g/mol. The van der Waals surface area contributed by atoms with Crippen LogP contribution in [0.4, 0.5) is 4.79 Å². The fraction of sp³-hybridized carbons (Fsp3) is 0.346. The van der Waals surface area contributed by atoms with Gasteiger partial charge in [0.25, 0.3) is 5.56 Å². The lowest BCUT2D eigenvalue weighted by Gasteiger charge is -2.19. The predicted molar refractivity (Wildman–Crippen MR) is 129 cm³/mol. The van der Waals surface area contributed by atoms with E-state index in [1.54, 1.807) is 43.5 Å². The fourth-order valence-corrected chi connectivity index (χ4v) is 3.41. The van der Waals surface area contributed by atoms with Crippen molar-refractivity contribution in [3.8, 4) is 5.75 Å². The van der Waals surface area contributed by atoms with Crippen molar-refractivity contribution in [2.24, 2.45) is 0 Å². The van der Waals surface area contributed by atoms with Crippen molar-refractivity contribution < 1.29 is 23.8 Å². The Morgan fingerprint density at radius 2 is 1.76 bits per heavy atom. The number of nitrogens with zero attached hydrogens (tertiary/aromatic N) is 1. The molecule has 0 spiro atoms. The zero-order valence-electron chi connectivity index (χ0n) is 19.9. The van der Waals surface area contributed by atoms with Crippen molar-refractivity contribution in [2.75, 3.05) is 20.3 Å². The van der Waals surface area contributed by atoms with Gasteiger partial charge in [0.15, 0.2) is 0 Å². The average molecular weight is 467 g/mol. The summed E-state index contributed by atoms with van der Waals surface area (Å²) in [5, 5.41) is 3.45. The van der Waals surface area contributed by atoms with E-state index in [0.717, 1.165) is 10.9 Å². The minimum atomic E-state index is -0.571. The number of methoxy groups -OCH3 is 1. The van der Waals surface area contributed by atoms with E-state index in [9.17, 15) is 14.4 Å². The second-order valence-electron chi connectivity index (χ2n) is 8.80. The molecule has 0 bridgehead atoms. The molecule has 1 N–H and O–H groups in total. The number of carbonyl (C=O) groups excluding carboxylic acids is 2. The highest BCUT2D eigenvalue weighted by Gasteiger charge is 2.16. The lowest BCUT2D eigenvalue weighted by atomic mass is 10.1. The molecule has 2 aromatic carbocycles. The molecule has 3 aromatic rings. The van der Waals surface area contributed by atoms with E-state index in [-0.39, 0.29) is 25.1 Å². The lowest BCUT2D eigenvalue weighted by molar-refractivity contribution is -0.139. The third kappa shape index (κ3) is 6.84. The Hall–Kier alpha value is -3.81. The largest absolute Gasteiger partial charge is 0.492 e. The lowest BCUT2D eigenvalue weighted by Crippen LogP contribution is -2.34. The topological polar surface area (TPSA) is 95.9 Å². The molecule has 3 rings (SSSR count). The van der Waals surface area contributed by atoms with Gasteiger partial charge in [-0.25, -0.2) is 4.79 Å². The number of fused-ring (bicyclic) bond motifs is 1. The number of alkyl carbamates (subject to hydrolysis) is 1. The van der Waals surface area contributed by atoms with Gasteiger partial charge in [-0.15, -0.1) is 0 Å². The number of benzene rings is 2. The van der Waals surface area contributed by atoms with Crippen molar-refractivity contribution in [1.82, 2.24) is 9.88 Å². The van der Waals surface area contributed by atoms with Crippen molar-refractivity contribution in [1.29, 1.82) is 0 Å². The molecule has 0 aliphatic heterocycles. The first kappa shape index (κ1) is 24.8. The Labute approximate surface area is 198 Å². The number of hydrogen-bond donors (Lipinski definition) is 1. The molecule has 8 heteroatoms. The first-order valence-corrected chi connectivity index (χ1v) is 11.0. The molecule has 0 aliphatic carbocycles. The number of esters is 1. The first-order chi connectivity index (χ1) is 16.2. The maximum absolute atomic E-state index is 13.3. The highest BCUT2D eigenvalue weighted by Crippen LogP contribution is 2.22. The summed E-state index contributed by atoms with van der Waals surface area (Å²) < 4.78 is 17.4. The molecule has 0 saturated heterocycles. The van der Waals surface area contributed by atoms with Crippen LogP contribution in [-0.2, 0) is 27.2 Å². The molecule has 0 unspecified atom stereocenters. The summed E-state index contributed by atoms with van der Waals surface area (Å²) in [4.78, 5) is 36.9. The van der Waals surface area contributed by atoms with Crippen molar-refractivity contribution in [3.05, 3.63) is 76.1 Å². The normalized spacial score (nSPS) is 11.2. The third-order valence-electron chi connectivity index (χ3n) is 4.93. The van der Waals surface area contributed by atoms with Crippen LogP contribution in [0.1, 0.15) is 31.9 Å². The highest BCUT2D eigenvalue weighted by atomic mass is 16.6. The van der Waals surface area contributed by atoms with Gasteiger partial charge in [-0.1, -0.05) is 30.3 Å². The van der Waals surface area contributed by atoms with E-state index in [1.807, 2.05) is 36.4 Å². The van der Waals surface area contributed by atoms with Crippen LogP contribution in [0, 0.1) is 0 Å². The Balaban J connectivity index is 1.84. The van der Waals surface area contributed by atoms with E-state index in [0.29, 0.717) is 23.4 Å². The number of amides is 1. The van der Waals surface area contributed by atoms with Crippen molar-refractivity contribution >= 4 is 23.0 Å². The number of rotatable bonds is 8. The Morgan fingerprint density at radius 3 is 2.44 bits per heavy atom. The standard InChI is InChI=1S/C26H30N2O6/c1-26(2,3)34-25(31)27-12-13-33-21-11-10-19-14-20(15-23(29)32-4)24(30)28(22(19)16-21)17-18-8-6-5-7-9-18/h5-11,14,16H,12-13,15,17H2,1-4H3,(H,27,31). The van der Waals surface area contributed by atoms with E-state index in [4.69, 9.17) is 14.2 Å². The van der Waals surface area contributed by atoms with E-state index in [1.165, 1.54) is 7.11 Å². The quantitative estimate of drug-likeness (QED) is 0.402. The number of hydrogen-bond acceptors (Lipinski definition) is 6. The van der Waals surface area contributed by atoms with Gasteiger partial charge >= 0.3 is 12.1 Å². The van der Waals surface area contributed by atoms with Gasteiger partial charge in [0.1, 0.15) is 18.0 Å². The molecule has 34 heavy (non-hydrogen) atoms. The molecule has 0 saturated carbocycles. The molecule has 0 atom stereocenters. The van der Waals surface area contributed by atoms with Crippen LogP contribution >= 0.6 is 0 Å². The molecule has 1 amide bonds. The molecule has 8 nitrogen and oxygen atoms in total. The van der Waals surface area contributed by atoms with Crippen LogP contribution < -0.4 is 15.6 Å². The molecule has 1 heterocycles. The van der Waals surface area contributed by atoms with Crippen LogP contribution in [0.25, 0.3) is 10.9 Å². The van der Waals surface area contributed by atoms with Gasteiger partial charge in [0.2, 0.25) is 0 Å². The average Bonchev–Trinajstić information content (AvgIpc) is 2.79. The zero-order chi connectivity index (χ0) is 24.7. The third-order valence-corrected chi connectivity index (χ3v) is 4.93. The van der Waals surface area contributed by atoms with Gasteiger partial charge in [-0.05, 0) is 49.9 Å². The summed E-state index contributed by atoms with van der Waals surface area (Å²) in [5.41, 5.74) is 1.17. The molecule has 0 aliphatic rings. The minimum absolute atomic E-state index is 0.103. The highest BCUT2D eigenvalue weighted by molar-refractivity contribution is 5.83. The zero-order valence-corrected chi connectivity index (χ0v) is 19.9. The van der Waals surface area contributed by atoms with Gasteiger partial charge in [-0.3, -0.25) is 9.59 Å². The van der Waals surface area contributed by atoms with Crippen LogP contribution in [0.15, 0.2) is 59.4 Å². The van der Waals surface area contributed by atoms with Crippen LogP contribution in [0.5, 0.6) is 5.75 Å². The second-order valence-corrected chi connectivity index (χ2v) is 8.80. The van der Waals surface area contributed by atoms with E-state index < -0.39 is 17.7 Å². The van der Waals surface area contributed by atoms with Crippen LogP contribution in [-0.4, -0.2) is 42.5 Å². The molecule has 0 radical (unpaired) electrons. The molecule has 1 aromatic heterocycles. The van der Waals surface area contributed by atoms with Crippen LogP contribution in [0.3, 0.4) is 0 Å². The predicted octanol–water partition coefficient (Wildman–Crippen LogP) is 3.67. The summed E-state index contributed by atoms with van der Waals surface area (Å²) in [6.45, 7) is 6.22. The van der Waals surface area contributed by atoms with Gasteiger partial charge in [-0.2, -0.15) is 0 Å². The maximum atomic E-state index is 13.3. The Morgan fingerprint density at radius 1 is 1.03 bits per heavy atom. The summed E-state index contributed by atoms with van der Waals surface area (Å²) >= 11 is 0.